The Kier molecular flexibility index (Phi) is 4.32. The van der Waals surface area contributed by atoms with Crippen LogP contribution in [-0.2, 0) is 16.4 Å². The van der Waals surface area contributed by atoms with Crippen LogP contribution in [0.1, 0.15) is 30.4 Å². The lowest BCUT2D eigenvalue weighted by Crippen LogP contribution is -2.43. The number of hydrogen-bond acceptors (Lipinski definition) is 3. The van der Waals surface area contributed by atoms with Crippen molar-refractivity contribution in [3.05, 3.63) is 29.3 Å². The lowest BCUT2D eigenvalue weighted by Gasteiger charge is -2.26. The first-order chi connectivity index (χ1) is 9.36. The van der Waals surface area contributed by atoms with Gasteiger partial charge in [0.05, 0.1) is 11.4 Å². The molecular formula is C14H21N3O2S. The van der Waals surface area contributed by atoms with Crippen LogP contribution in [0.5, 0.6) is 0 Å². The molecule has 3 N–H and O–H groups in total. The van der Waals surface area contributed by atoms with Gasteiger partial charge >= 0.3 is 0 Å². The van der Waals surface area contributed by atoms with Crippen LogP contribution in [0, 0.1) is 6.92 Å². The van der Waals surface area contributed by atoms with E-state index >= 15 is 0 Å². The Hall–Kier alpha value is -1.56. The summed E-state index contributed by atoms with van der Waals surface area (Å²) in [5.74, 6) is 0.427. The van der Waals surface area contributed by atoms with E-state index in [-0.39, 0.29) is 0 Å². The summed E-state index contributed by atoms with van der Waals surface area (Å²) in [4.78, 5) is 4.61. The molecule has 1 aliphatic rings. The molecule has 0 aromatic heterocycles. The number of nitrogens with two attached hydrogens (primary N) is 1. The summed E-state index contributed by atoms with van der Waals surface area (Å²) in [6, 6.07) is 5.80. The molecule has 1 aromatic rings. The predicted octanol–water partition coefficient (Wildman–Crippen LogP) is 1.36. The molecule has 0 amide bonds. The Morgan fingerprint density at radius 3 is 2.70 bits per heavy atom. The number of aliphatic imine (C=N–C) groups is 1. The molecular weight excluding hydrogens is 274 g/mol. The van der Waals surface area contributed by atoms with Crippen LogP contribution in [0.4, 0.5) is 0 Å². The van der Waals surface area contributed by atoms with Gasteiger partial charge in [-0.15, -0.1) is 0 Å². The number of nitrogens with one attached hydrogen (secondary N) is 1. The highest BCUT2D eigenvalue weighted by atomic mass is 32.2. The topological polar surface area (TPSA) is 84.5 Å². The zero-order valence-electron chi connectivity index (χ0n) is 11.9. The highest BCUT2D eigenvalue weighted by Gasteiger charge is 2.17. The van der Waals surface area contributed by atoms with Gasteiger partial charge in [0.25, 0.3) is 0 Å². The molecule has 0 heterocycles. The number of benzene rings is 1. The van der Waals surface area contributed by atoms with Gasteiger partial charge in [0, 0.05) is 12.3 Å². The van der Waals surface area contributed by atoms with Crippen molar-refractivity contribution in [3.63, 3.8) is 0 Å². The van der Waals surface area contributed by atoms with Crippen molar-refractivity contribution >= 4 is 15.8 Å². The molecule has 5 nitrogen and oxygen atoms in total. The van der Waals surface area contributed by atoms with E-state index in [1.54, 1.807) is 19.1 Å². The third-order valence-electron chi connectivity index (χ3n) is 3.54. The van der Waals surface area contributed by atoms with Gasteiger partial charge in [0.2, 0.25) is 0 Å². The van der Waals surface area contributed by atoms with E-state index in [1.165, 1.54) is 12.7 Å². The van der Waals surface area contributed by atoms with Crippen molar-refractivity contribution in [3.8, 4) is 0 Å². The van der Waals surface area contributed by atoms with Crippen LogP contribution in [0.2, 0.25) is 0 Å². The first kappa shape index (κ1) is 14.8. The van der Waals surface area contributed by atoms with Gasteiger partial charge in [-0.1, -0.05) is 12.1 Å². The van der Waals surface area contributed by atoms with Crippen LogP contribution in [0.25, 0.3) is 0 Å². The summed E-state index contributed by atoms with van der Waals surface area (Å²) >= 11 is 0. The van der Waals surface area contributed by atoms with Gasteiger partial charge in [-0.25, -0.2) is 13.4 Å². The molecule has 1 saturated carbocycles. The van der Waals surface area contributed by atoms with Crippen LogP contribution < -0.4 is 11.1 Å². The molecule has 0 bridgehead atoms. The quantitative estimate of drug-likeness (QED) is 0.649. The Morgan fingerprint density at radius 1 is 1.45 bits per heavy atom. The Bertz CT molecular complexity index is 619. The maximum absolute atomic E-state index is 11.7. The molecule has 2 rings (SSSR count). The zero-order chi connectivity index (χ0) is 14.8. The second kappa shape index (κ2) is 5.83. The van der Waals surface area contributed by atoms with Crippen molar-refractivity contribution in [1.82, 2.24) is 5.32 Å². The van der Waals surface area contributed by atoms with Crippen molar-refractivity contribution in [1.29, 1.82) is 0 Å². The molecule has 20 heavy (non-hydrogen) atoms. The van der Waals surface area contributed by atoms with Gasteiger partial charge in [0.15, 0.2) is 15.8 Å². The minimum absolute atomic E-state index is 0.357. The normalized spacial score (nSPS) is 16.8. The number of sulfone groups is 1. The second-order valence-electron chi connectivity index (χ2n) is 5.35. The standard InChI is InChI=1S/C14H21N3O2S/c1-10-6-7-11(8-13(10)20(2,18)19)9-16-14(15)17-12-4-3-5-12/h6-8,12H,3-5,9H2,1-2H3,(H3,15,16,17). The van der Waals surface area contributed by atoms with Gasteiger partial charge < -0.3 is 11.1 Å². The average molecular weight is 295 g/mol. The van der Waals surface area contributed by atoms with E-state index in [4.69, 9.17) is 5.73 Å². The maximum Gasteiger partial charge on any atom is 0.189 e. The summed E-state index contributed by atoms with van der Waals surface area (Å²) in [6.45, 7) is 2.17. The van der Waals surface area contributed by atoms with Crippen LogP contribution in [0.3, 0.4) is 0 Å². The monoisotopic (exact) mass is 295 g/mol. The minimum Gasteiger partial charge on any atom is -0.370 e. The van der Waals surface area contributed by atoms with E-state index in [0.29, 0.717) is 23.4 Å². The molecule has 0 spiro atoms. The summed E-state index contributed by atoms with van der Waals surface area (Å²) in [5, 5.41) is 3.15. The van der Waals surface area contributed by atoms with Crippen molar-refractivity contribution in [2.75, 3.05) is 6.26 Å². The fourth-order valence-corrected chi connectivity index (χ4v) is 3.14. The third kappa shape index (κ3) is 3.72. The van der Waals surface area contributed by atoms with Gasteiger partial charge in [-0.05, 0) is 43.4 Å². The molecule has 1 aliphatic carbocycles. The molecule has 1 aromatic carbocycles. The first-order valence-corrected chi connectivity index (χ1v) is 8.61. The Balaban J connectivity index is 2.07. The highest BCUT2D eigenvalue weighted by Crippen LogP contribution is 2.18. The smallest absolute Gasteiger partial charge is 0.189 e. The number of rotatable bonds is 4. The SMILES string of the molecule is Cc1ccc(CN=C(N)NC2CCC2)cc1S(C)(=O)=O. The van der Waals surface area contributed by atoms with Crippen LogP contribution >= 0.6 is 0 Å². The lowest BCUT2D eigenvalue weighted by atomic mass is 9.93. The summed E-state index contributed by atoms with van der Waals surface area (Å²) in [7, 11) is -3.20. The average Bonchev–Trinajstić information content (AvgIpc) is 2.31. The third-order valence-corrected chi connectivity index (χ3v) is 4.78. The minimum atomic E-state index is -3.20. The maximum atomic E-state index is 11.7. The molecule has 1 fully saturated rings. The largest absolute Gasteiger partial charge is 0.370 e. The van der Waals surface area contributed by atoms with E-state index in [0.717, 1.165) is 24.0 Å². The van der Waals surface area contributed by atoms with E-state index in [1.807, 2.05) is 6.07 Å². The Morgan fingerprint density at radius 2 is 2.15 bits per heavy atom. The van der Waals surface area contributed by atoms with Gasteiger partial charge in [-0.2, -0.15) is 0 Å². The first-order valence-electron chi connectivity index (χ1n) is 6.72. The molecule has 0 saturated heterocycles. The van der Waals surface area contributed by atoms with Gasteiger partial charge in [0.1, 0.15) is 0 Å². The van der Waals surface area contributed by atoms with Gasteiger partial charge in [-0.3, -0.25) is 0 Å². The number of guanidine groups is 1. The van der Waals surface area contributed by atoms with E-state index < -0.39 is 9.84 Å². The van der Waals surface area contributed by atoms with E-state index in [9.17, 15) is 8.42 Å². The number of hydrogen-bond donors (Lipinski definition) is 2. The number of nitrogens with zero attached hydrogens (tertiary/aromatic N) is 1. The molecule has 110 valence electrons. The molecule has 0 aliphatic heterocycles. The van der Waals surface area contributed by atoms with Crippen LogP contribution in [0.15, 0.2) is 28.1 Å². The van der Waals surface area contributed by atoms with Crippen molar-refractivity contribution in [2.24, 2.45) is 10.7 Å². The summed E-state index contributed by atoms with van der Waals surface area (Å²) < 4.78 is 23.3. The number of aryl methyl sites for hydroxylation is 1. The highest BCUT2D eigenvalue weighted by molar-refractivity contribution is 7.90. The van der Waals surface area contributed by atoms with Crippen molar-refractivity contribution in [2.45, 2.75) is 43.7 Å². The fraction of sp³-hybridized carbons (Fsp3) is 0.500. The molecule has 0 radical (unpaired) electrons. The molecule has 0 atom stereocenters. The summed E-state index contributed by atoms with van der Waals surface area (Å²) in [6.07, 6.45) is 4.73. The molecule has 0 unspecified atom stereocenters. The summed E-state index contributed by atoms with van der Waals surface area (Å²) in [5.41, 5.74) is 7.40. The Labute approximate surface area is 120 Å². The lowest BCUT2D eigenvalue weighted by molar-refractivity contribution is 0.382. The van der Waals surface area contributed by atoms with Crippen LogP contribution in [-0.4, -0.2) is 26.7 Å². The second-order valence-corrected chi connectivity index (χ2v) is 7.33. The fourth-order valence-electron chi connectivity index (χ4n) is 2.13. The molecule has 6 heteroatoms. The van der Waals surface area contributed by atoms with Crippen molar-refractivity contribution < 1.29 is 8.42 Å². The van der Waals surface area contributed by atoms with E-state index in [2.05, 4.69) is 10.3 Å². The predicted molar refractivity (Wildman–Crippen MR) is 80.4 cm³/mol. The zero-order valence-corrected chi connectivity index (χ0v) is 12.7.